The van der Waals surface area contributed by atoms with Crippen molar-refractivity contribution in [3.8, 4) is 0 Å². The van der Waals surface area contributed by atoms with Crippen molar-refractivity contribution < 1.29 is 9.84 Å². The summed E-state index contributed by atoms with van der Waals surface area (Å²) in [6.45, 7) is 15.0. The smallest absolute Gasteiger partial charge is 0.185 e. The van der Waals surface area contributed by atoms with Crippen molar-refractivity contribution >= 4 is 0 Å². The van der Waals surface area contributed by atoms with E-state index in [2.05, 4.69) is 26.3 Å². The van der Waals surface area contributed by atoms with Crippen LogP contribution < -0.4 is 0 Å². The molecule has 0 saturated carbocycles. The van der Waals surface area contributed by atoms with Crippen molar-refractivity contribution in [1.29, 1.82) is 0 Å². The second-order valence-corrected chi connectivity index (χ2v) is 5.76. The van der Waals surface area contributed by atoms with Gasteiger partial charge in [-0.15, -0.1) is 19.7 Å². The molecule has 22 heavy (non-hydrogen) atoms. The summed E-state index contributed by atoms with van der Waals surface area (Å²) in [4.78, 5) is 0. The molecule has 0 aromatic carbocycles. The van der Waals surface area contributed by atoms with Crippen LogP contribution in [0.2, 0.25) is 0 Å². The molecule has 0 bridgehead atoms. The summed E-state index contributed by atoms with van der Waals surface area (Å²) < 4.78 is 5.83. The van der Waals surface area contributed by atoms with E-state index in [1.165, 1.54) is 6.08 Å². The average molecular weight is 306 g/mol. The van der Waals surface area contributed by atoms with Gasteiger partial charge in [0.1, 0.15) is 0 Å². The van der Waals surface area contributed by atoms with E-state index in [1.54, 1.807) is 6.08 Å². The number of ether oxygens (including phenoxy) is 1. The van der Waals surface area contributed by atoms with Crippen LogP contribution >= 0.6 is 0 Å². The maximum atomic E-state index is 10.5. The Kier molecular flexibility index (Phi) is 12.8. The van der Waals surface area contributed by atoms with Crippen molar-refractivity contribution in [1.82, 2.24) is 0 Å². The van der Waals surface area contributed by atoms with Crippen LogP contribution in [0.4, 0.5) is 0 Å². The van der Waals surface area contributed by atoms with Gasteiger partial charge in [-0.25, -0.2) is 0 Å². The number of unbranched alkanes of at least 4 members (excludes halogenated alkanes) is 6. The predicted octanol–water partition coefficient (Wildman–Crippen LogP) is 5.71. The molecule has 0 rings (SSSR count). The fourth-order valence-electron chi connectivity index (χ4n) is 2.35. The fraction of sp³-hybridized carbons (Fsp3) is 0.600. The number of hydrogen-bond donors (Lipinski definition) is 1. The summed E-state index contributed by atoms with van der Waals surface area (Å²) >= 11 is 0. The molecule has 0 aliphatic carbocycles. The average Bonchev–Trinajstić information content (AvgIpc) is 2.53. The van der Waals surface area contributed by atoms with E-state index < -0.39 is 5.79 Å². The maximum Gasteiger partial charge on any atom is 0.185 e. The number of rotatable bonds is 16. The van der Waals surface area contributed by atoms with Crippen molar-refractivity contribution in [2.24, 2.45) is 0 Å². The van der Waals surface area contributed by atoms with E-state index in [0.29, 0.717) is 6.42 Å². The van der Waals surface area contributed by atoms with E-state index in [9.17, 15) is 5.11 Å². The normalized spacial score (nSPS) is 14.8. The van der Waals surface area contributed by atoms with Crippen LogP contribution in [-0.2, 0) is 4.74 Å². The Morgan fingerprint density at radius 1 is 0.864 bits per heavy atom. The van der Waals surface area contributed by atoms with Gasteiger partial charge in [0.05, 0.1) is 6.10 Å². The summed E-state index contributed by atoms with van der Waals surface area (Å²) in [7, 11) is 0. The largest absolute Gasteiger partial charge is 0.362 e. The molecule has 126 valence electrons. The third-order valence-corrected chi connectivity index (χ3v) is 3.78. The van der Waals surface area contributed by atoms with Crippen LogP contribution in [0.3, 0.4) is 0 Å². The van der Waals surface area contributed by atoms with Crippen LogP contribution in [0.15, 0.2) is 50.6 Å². The third kappa shape index (κ3) is 10.6. The van der Waals surface area contributed by atoms with Crippen molar-refractivity contribution in [3.63, 3.8) is 0 Å². The summed E-state index contributed by atoms with van der Waals surface area (Å²) in [6, 6.07) is 0. The highest BCUT2D eigenvalue weighted by atomic mass is 16.6. The quantitative estimate of drug-likeness (QED) is 0.225. The molecule has 0 aromatic heterocycles. The van der Waals surface area contributed by atoms with Gasteiger partial charge in [-0.1, -0.05) is 44.1 Å². The van der Waals surface area contributed by atoms with Crippen molar-refractivity contribution in [2.45, 2.75) is 76.1 Å². The first-order valence-electron chi connectivity index (χ1n) is 8.50. The second-order valence-electron chi connectivity index (χ2n) is 5.76. The van der Waals surface area contributed by atoms with Gasteiger partial charge in [0, 0.05) is 6.42 Å². The second kappa shape index (κ2) is 13.5. The first-order chi connectivity index (χ1) is 10.6. The van der Waals surface area contributed by atoms with E-state index in [0.717, 1.165) is 57.8 Å². The molecule has 0 aliphatic heterocycles. The monoisotopic (exact) mass is 306 g/mol. The molecule has 0 fully saturated rings. The van der Waals surface area contributed by atoms with Gasteiger partial charge in [0.15, 0.2) is 5.79 Å². The first-order valence-corrected chi connectivity index (χ1v) is 8.50. The lowest BCUT2D eigenvalue weighted by Crippen LogP contribution is -2.34. The Balaban J connectivity index is 4.10. The van der Waals surface area contributed by atoms with Gasteiger partial charge in [-0.3, -0.25) is 0 Å². The van der Waals surface area contributed by atoms with Gasteiger partial charge in [0.25, 0.3) is 0 Å². The zero-order valence-electron chi connectivity index (χ0n) is 14.1. The molecule has 0 aromatic rings. The molecule has 0 spiro atoms. The van der Waals surface area contributed by atoms with E-state index in [-0.39, 0.29) is 6.10 Å². The predicted molar refractivity (Wildman–Crippen MR) is 96.8 cm³/mol. The van der Waals surface area contributed by atoms with E-state index in [1.807, 2.05) is 12.2 Å². The molecule has 0 aliphatic rings. The zero-order valence-corrected chi connectivity index (χ0v) is 14.1. The SMILES string of the molecule is C=CCCCCCC(C=C)OC(O)(C=C)CCCCCC=C. The minimum atomic E-state index is -1.24. The molecule has 0 heterocycles. The lowest BCUT2D eigenvalue weighted by atomic mass is 10.0. The standard InChI is InChI=1S/C20H34O2/c1-5-9-11-13-15-17-19(7-3)22-20(21,8-4)18-16-14-12-10-6-2/h5-8,19,21H,1-4,9-18H2. The molecule has 2 atom stereocenters. The van der Waals surface area contributed by atoms with Gasteiger partial charge in [-0.2, -0.15) is 0 Å². The van der Waals surface area contributed by atoms with E-state index in [4.69, 9.17) is 4.74 Å². The molecule has 2 nitrogen and oxygen atoms in total. The Labute approximate surface area is 137 Å². The number of aliphatic hydroxyl groups is 1. The Morgan fingerprint density at radius 3 is 1.95 bits per heavy atom. The topological polar surface area (TPSA) is 29.5 Å². The van der Waals surface area contributed by atoms with E-state index >= 15 is 0 Å². The number of hydrogen-bond acceptors (Lipinski definition) is 2. The fourth-order valence-corrected chi connectivity index (χ4v) is 2.35. The summed E-state index contributed by atoms with van der Waals surface area (Å²) in [6.07, 6.45) is 17.0. The zero-order chi connectivity index (χ0) is 16.7. The highest BCUT2D eigenvalue weighted by molar-refractivity contribution is 4.92. The molecule has 0 radical (unpaired) electrons. The van der Waals surface area contributed by atoms with Gasteiger partial charge in [-0.05, 0) is 44.6 Å². The molecule has 0 amide bonds. The Morgan fingerprint density at radius 2 is 1.45 bits per heavy atom. The summed E-state index contributed by atoms with van der Waals surface area (Å²) in [5.74, 6) is -1.24. The molecule has 1 N–H and O–H groups in total. The van der Waals surface area contributed by atoms with Gasteiger partial charge >= 0.3 is 0 Å². The summed E-state index contributed by atoms with van der Waals surface area (Å²) in [5.41, 5.74) is 0. The molecular weight excluding hydrogens is 272 g/mol. The van der Waals surface area contributed by atoms with Crippen molar-refractivity contribution in [2.75, 3.05) is 0 Å². The minimum Gasteiger partial charge on any atom is -0.362 e. The summed E-state index contributed by atoms with van der Waals surface area (Å²) in [5, 5.41) is 10.5. The molecule has 2 unspecified atom stereocenters. The van der Waals surface area contributed by atoms with Crippen LogP contribution in [0.25, 0.3) is 0 Å². The Hall–Kier alpha value is -1.12. The lowest BCUT2D eigenvalue weighted by Gasteiger charge is -2.29. The Bertz CT molecular complexity index is 322. The lowest BCUT2D eigenvalue weighted by molar-refractivity contribution is -0.191. The van der Waals surface area contributed by atoms with Crippen LogP contribution in [0.5, 0.6) is 0 Å². The van der Waals surface area contributed by atoms with Crippen molar-refractivity contribution in [3.05, 3.63) is 50.6 Å². The van der Waals surface area contributed by atoms with Crippen LogP contribution in [0, 0.1) is 0 Å². The maximum absolute atomic E-state index is 10.5. The highest BCUT2D eigenvalue weighted by Gasteiger charge is 2.26. The molecule has 0 saturated heterocycles. The highest BCUT2D eigenvalue weighted by Crippen LogP contribution is 2.23. The first kappa shape index (κ1) is 20.9. The van der Waals surface area contributed by atoms with Crippen LogP contribution in [0.1, 0.15) is 64.2 Å². The molecular formula is C20H34O2. The van der Waals surface area contributed by atoms with Gasteiger partial charge in [0.2, 0.25) is 0 Å². The molecule has 2 heteroatoms. The van der Waals surface area contributed by atoms with Gasteiger partial charge < -0.3 is 9.84 Å². The number of allylic oxidation sites excluding steroid dienone is 2. The third-order valence-electron chi connectivity index (χ3n) is 3.78. The minimum absolute atomic E-state index is 0.125. The van der Waals surface area contributed by atoms with Crippen LogP contribution in [-0.4, -0.2) is 17.0 Å².